The summed E-state index contributed by atoms with van der Waals surface area (Å²) in [5, 5.41) is 27.3. The molecule has 0 spiro atoms. The number of carboxylic acid groups (broad SMARTS) is 1. The van der Waals surface area contributed by atoms with Crippen molar-refractivity contribution in [3.05, 3.63) is 65.7 Å². The number of hydrogen-bond donors (Lipinski definition) is 8. The average molecular weight is 585 g/mol. The van der Waals surface area contributed by atoms with Gasteiger partial charge in [0.05, 0.1) is 6.04 Å². The second-order valence-corrected chi connectivity index (χ2v) is 10.3. The van der Waals surface area contributed by atoms with E-state index in [0.29, 0.717) is 50.8 Å². The first-order valence-electron chi connectivity index (χ1n) is 14.3. The number of aliphatic carboxylic acids is 1. The Morgan fingerprint density at radius 3 is 1.64 bits per heavy atom. The minimum atomic E-state index is -1.20. The van der Waals surface area contributed by atoms with Crippen LogP contribution in [0.1, 0.15) is 49.7 Å². The summed E-state index contributed by atoms with van der Waals surface area (Å²) >= 11 is 0. The molecule has 0 aliphatic carbocycles. The number of carbonyl (C=O) groups excluding carboxylic acids is 3. The van der Waals surface area contributed by atoms with Crippen molar-refractivity contribution >= 4 is 23.7 Å². The third kappa shape index (κ3) is 12.2. The predicted octanol–water partition coefficient (Wildman–Crippen LogP) is 0.302. The number of rotatable bonds is 19. The largest absolute Gasteiger partial charge is 0.508 e. The first kappa shape index (κ1) is 34.2. The number of hydrogen-bond acceptors (Lipinski definition) is 8. The summed E-state index contributed by atoms with van der Waals surface area (Å²) in [6.45, 7) is 0.874. The van der Waals surface area contributed by atoms with Gasteiger partial charge >= 0.3 is 5.97 Å². The third-order valence-electron chi connectivity index (χ3n) is 6.79. The summed E-state index contributed by atoms with van der Waals surface area (Å²) in [6.07, 6.45) is 3.19. The number of phenols is 1. The molecule has 0 aromatic heterocycles. The Hall–Kier alpha value is -4.00. The van der Waals surface area contributed by atoms with E-state index in [1.165, 1.54) is 12.1 Å². The number of carbonyl (C=O) groups is 4. The first-order chi connectivity index (χ1) is 20.1. The molecule has 0 saturated heterocycles. The minimum Gasteiger partial charge on any atom is -0.508 e. The van der Waals surface area contributed by atoms with E-state index in [1.807, 2.05) is 30.3 Å². The zero-order valence-corrected chi connectivity index (χ0v) is 23.8. The van der Waals surface area contributed by atoms with E-state index in [-0.39, 0.29) is 25.0 Å². The van der Waals surface area contributed by atoms with Crippen LogP contribution in [0, 0.1) is 0 Å². The Morgan fingerprint density at radius 1 is 0.643 bits per heavy atom. The van der Waals surface area contributed by atoms with Crippen LogP contribution in [0.15, 0.2) is 54.6 Å². The highest BCUT2D eigenvalue weighted by Gasteiger charge is 2.30. The maximum atomic E-state index is 13.6. The minimum absolute atomic E-state index is 0.0115. The number of nitrogens with one attached hydrogen (secondary N) is 3. The highest BCUT2D eigenvalue weighted by molar-refractivity contribution is 5.94. The maximum absolute atomic E-state index is 13.6. The lowest BCUT2D eigenvalue weighted by Gasteiger charge is -2.25. The van der Waals surface area contributed by atoms with Crippen molar-refractivity contribution in [2.45, 2.75) is 75.5 Å². The molecule has 0 aliphatic heterocycles. The number of amides is 3. The molecule has 11 N–H and O–H groups in total. The summed E-state index contributed by atoms with van der Waals surface area (Å²) in [6, 6.07) is 10.9. The molecule has 0 unspecified atom stereocenters. The lowest BCUT2D eigenvalue weighted by atomic mass is 10.0. The van der Waals surface area contributed by atoms with Gasteiger partial charge in [0.25, 0.3) is 0 Å². The fourth-order valence-corrected chi connectivity index (χ4v) is 4.35. The molecule has 0 heterocycles. The number of benzene rings is 2. The van der Waals surface area contributed by atoms with Crippen molar-refractivity contribution in [3.63, 3.8) is 0 Å². The molecule has 4 atom stereocenters. The molecule has 42 heavy (non-hydrogen) atoms. The van der Waals surface area contributed by atoms with Crippen LogP contribution in [-0.4, -0.2) is 71.2 Å². The van der Waals surface area contributed by atoms with Crippen LogP contribution >= 0.6 is 0 Å². The van der Waals surface area contributed by atoms with Crippen LogP contribution in [0.2, 0.25) is 0 Å². The van der Waals surface area contributed by atoms with E-state index in [1.54, 1.807) is 12.1 Å². The van der Waals surface area contributed by atoms with Crippen LogP contribution in [0.3, 0.4) is 0 Å². The lowest BCUT2D eigenvalue weighted by molar-refractivity contribution is -0.142. The number of unbranched alkanes of at least 4 members (excludes halogenated alkanes) is 2. The molecular weight excluding hydrogens is 540 g/mol. The second-order valence-electron chi connectivity index (χ2n) is 10.3. The Balaban J connectivity index is 2.27. The van der Waals surface area contributed by atoms with Crippen LogP contribution in [0.5, 0.6) is 5.75 Å². The molecule has 0 aliphatic rings. The summed E-state index contributed by atoms with van der Waals surface area (Å²) in [4.78, 5) is 51.7. The Kier molecular flexibility index (Phi) is 15.0. The maximum Gasteiger partial charge on any atom is 0.326 e. The molecule has 0 bridgehead atoms. The van der Waals surface area contributed by atoms with Gasteiger partial charge < -0.3 is 43.4 Å². The van der Waals surface area contributed by atoms with E-state index in [0.717, 1.165) is 5.56 Å². The van der Waals surface area contributed by atoms with Crippen molar-refractivity contribution < 1.29 is 29.4 Å². The van der Waals surface area contributed by atoms with Crippen molar-refractivity contribution in [2.75, 3.05) is 13.1 Å². The van der Waals surface area contributed by atoms with Gasteiger partial charge in [0, 0.05) is 12.8 Å². The monoisotopic (exact) mass is 584 g/mol. The number of aromatic hydroxyl groups is 1. The number of phenolic OH excluding ortho intramolecular Hbond substituents is 1. The molecule has 0 radical (unpaired) electrons. The fourth-order valence-electron chi connectivity index (χ4n) is 4.35. The van der Waals surface area contributed by atoms with Crippen LogP contribution in [0.25, 0.3) is 0 Å². The normalized spacial score (nSPS) is 13.8. The first-order valence-corrected chi connectivity index (χ1v) is 14.3. The Morgan fingerprint density at radius 2 is 1.12 bits per heavy atom. The zero-order chi connectivity index (χ0) is 30.9. The van der Waals surface area contributed by atoms with E-state index in [9.17, 15) is 29.4 Å². The molecule has 2 aromatic rings. The topological polar surface area (TPSA) is 223 Å². The Labute approximate surface area is 246 Å². The Bertz CT molecular complexity index is 1130. The summed E-state index contributed by atoms with van der Waals surface area (Å²) in [5.74, 6) is -3.00. The zero-order valence-electron chi connectivity index (χ0n) is 23.8. The number of nitrogens with two attached hydrogens (primary N) is 3. The van der Waals surface area contributed by atoms with Crippen LogP contribution < -0.4 is 33.2 Å². The fraction of sp³-hybridized carbons (Fsp3) is 0.467. The standard InChI is InChI=1S/C30H44N6O6/c31-16-6-4-10-23(33)27(38)35-25(18-20-8-2-1-3-9-20)29(40)36-26(19-21-12-14-22(37)15-13-21)28(39)34-24(30(41)42)11-5-7-17-32/h1-3,8-9,12-15,23-26,37H,4-7,10-11,16-19,31-33H2,(H,34,39)(H,35,38)(H,36,40)(H,41,42)/t23-,24-,25-,26-/m0/s1. The quantitative estimate of drug-likeness (QED) is 0.106. The van der Waals surface area contributed by atoms with Crippen molar-refractivity contribution in [1.82, 2.24) is 16.0 Å². The van der Waals surface area contributed by atoms with Gasteiger partial charge in [0.2, 0.25) is 17.7 Å². The average Bonchev–Trinajstić information content (AvgIpc) is 2.97. The molecular formula is C30H44N6O6. The van der Waals surface area contributed by atoms with Crippen molar-refractivity contribution in [1.29, 1.82) is 0 Å². The third-order valence-corrected chi connectivity index (χ3v) is 6.79. The van der Waals surface area contributed by atoms with Gasteiger partial charge in [-0.05, 0) is 68.5 Å². The highest BCUT2D eigenvalue weighted by Crippen LogP contribution is 2.13. The summed E-state index contributed by atoms with van der Waals surface area (Å²) in [5.41, 5.74) is 18.5. The van der Waals surface area contributed by atoms with Gasteiger partial charge in [-0.25, -0.2) is 4.79 Å². The van der Waals surface area contributed by atoms with Crippen molar-refractivity contribution in [2.24, 2.45) is 17.2 Å². The van der Waals surface area contributed by atoms with Crippen LogP contribution in [0.4, 0.5) is 0 Å². The van der Waals surface area contributed by atoms with Crippen molar-refractivity contribution in [3.8, 4) is 5.75 Å². The van der Waals surface area contributed by atoms with E-state index >= 15 is 0 Å². The molecule has 0 saturated carbocycles. The SMILES string of the molecule is NCCCC[C@H](NC(=O)[C@H](Cc1ccc(O)cc1)NC(=O)[C@H](Cc1ccccc1)NC(=O)[C@@H](N)CCCCN)C(=O)O. The molecule has 230 valence electrons. The molecule has 3 amide bonds. The lowest BCUT2D eigenvalue weighted by Crippen LogP contribution is -2.58. The predicted molar refractivity (Wildman–Crippen MR) is 159 cm³/mol. The van der Waals surface area contributed by atoms with Gasteiger partial charge in [0.15, 0.2) is 0 Å². The molecule has 12 nitrogen and oxygen atoms in total. The van der Waals surface area contributed by atoms with Gasteiger partial charge in [-0.15, -0.1) is 0 Å². The summed E-state index contributed by atoms with van der Waals surface area (Å²) < 4.78 is 0. The van der Waals surface area contributed by atoms with E-state index in [4.69, 9.17) is 17.2 Å². The summed E-state index contributed by atoms with van der Waals surface area (Å²) in [7, 11) is 0. The van der Waals surface area contributed by atoms with E-state index in [2.05, 4.69) is 16.0 Å². The van der Waals surface area contributed by atoms with Gasteiger partial charge in [-0.3, -0.25) is 14.4 Å². The smallest absolute Gasteiger partial charge is 0.326 e. The molecule has 2 aromatic carbocycles. The molecule has 12 heteroatoms. The van der Waals surface area contributed by atoms with Gasteiger partial charge in [0.1, 0.15) is 23.9 Å². The number of carboxylic acids is 1. The van der Waals surface area contributed by atoms with E-state index < -0.39 is 47.9 Å². The molecule has 0 fully saturated rings. The highest BCUT2D eigenvalue weighted by atomic mass is 16.4. The van der Waals surface area contributed by atoms with Gasteiger partial charge in [-0.1, -0.05) is 48.9 Å². The van der Waals surface area contributed by atoms with Gasteiger partial charge in [-0.2, -0.15) is 0 Å². The second kappa shape index (κ2) is 18.4. The molecule has 2 rings (SSSR count). The van der Waals surface area contributed by atoms with Crippen LogP contribution in [-0.2, 0) is 32.0 Å².